The van der Waals surface area contributed by atoms with Crippen molar-refractivity contribution >= 4 is 10.0 Å². The summed E-state index contributed by atoms with van der Waals surface area (Å²) >= 11 is 0. The van der Waals surface area contributed by atoms with Gasteiger partial charge in [0, 0.05) is 18.7 Å². The average molecular weight is 300 g/mol. The highest BCUT2D eigenvalue weighted by molar-refractivity contribution is 7.89. The Morgan fingerprint density at radius 3 is 2.60 bits per heavy atom. The van der Waals surface area contributed by atoms with Gasteiger partial charge >= 0.3 is 0 Å². The fourth-order valence-electron chi connectivity index (χ4n) is 2.33. The van der Waals surface area contributed by atoms with Crippen LogP contribution >= 0.6 is 0 Å². The van der Waals surface area contributed by atoms with Gasteiger partial charge in [-0.3, -0.25) is 0 Å². The Kier molecular flexibility index (Phi) is 4.56. The van der Waals surface area contributed by atoms with Crippen LogP contribution < -0.4 is 5.32 Å². The van der Waals surface area contributed by atoms with E-state index < -0.39 is 10.0 Å². The number of hydrogen-bond acceptors (Lipinski definition) is 4. The first kappa shape index (κ1) is 15.5. The first-order valence-electron chi connectivity index (χ1n) is 7.12. The Labute approximate surface area is 121 Å². The Morgan fingerprint density at radius 1 is 1.45 bits per heavy atom. The van der Waals surface area contributed by atoms with Crippen molar-refractivity contribution < 1.29 is 12.8 Å². The molecule has 0 atom stereocenters. The number of hydrogen-bond donors (Lipinski definition) is 1. The van der Waals surface area contributed by atoms with E-state index in [9.17, 15) is 8.42 Å². The average Bonchev–Trinajstić information content (AvgIpc) is 3.10. The number of nitrogens with zero attached hydrogens (tertiary/aromatic N) is 1. The molecule has 5 nitrogen and oxygen atoms in total. The van der Waals surface area contributed by atoms with Gasteiger partial charge in [0.15, 0.2) is 0 Å². The van der Waals surface area contributed by atoms with Gasteiger partial charge in [0.1, 0.15) is 16.4 Å². The first-order chi connectivity index (χ1) is 9.36. The first-order valence-corrected chi connectivity index (χ1v) is 8.56. The van der Waals surface area contributed by atoms with Crippen LogP contribution in [0, 0.1) is 12.8 Å². The molecule has 0 bridgehead atoms. The quantitative estimate of drug-likeness (QED) is 0.838. The molecule has 0 spiro atoms. The Morgan fingerprint density at radius 2 is 2.10 bits per heavy atom. The highest BCUT2D eigenvalue weighted by Gasteiger charge is 2.39. The van der Waals surface area contributed by atoms with Gasteiger partial charge in [-0.1, -0.05) is 13.8 Å². The van der Waals surface area contributed by atoms with Gasteiger partial charge in [-0.2, -0.15) is 4.31 Å². The van der Waals surface area contributed by atoms with Crippen LogP contribution in [0.15, 0.2) is 15.4 Å². The summed E-state index contributed by atoms with van der Waals surface area (Å²) in [4.78, 5) is 0.315. The van der Waals surface area contributed by atoms with Gasteiger partial charge in [-0.25, -0.2) is 8.42 Å². The predicted molar refractivity (Wildman–Crippen MR) is 78.0 cm³/mol. The van der Waals surface area contributed by atoms with Crippen LogP contribution in [0.3, 0.4) is 0 Å². The zero-order valence-electron chi connectivity index (χ0n) is 12.6. The lowest BCUT2D eigenvalue weighted by atomic mass is 10.2. The standard InChI is InChI=1S/C14H24N2O3S/c1-10(2)9-16(12-5-6-12)20(17,18)14-7-13(8-15-4)19-11(14)3/h7,10,12,15H,5-6,8-9H2,1-4H3. The molecule has 1 fully saturated rings. The van der Waals surface area contributed by atoms with Crippen molar-refractivity contribution in [3.8, 4) is 0 Å². The van der Waals surface area contributed by atoms with Crippen molar-refractivity contribution in [1.82, 2.24) is 9.62 Å². The Bertz CT molecular complexity index is 559. The molecule has 0 amide bonds. The third-order valence-corrected chi connectivity index (χ3v) is 5.39. The summed E-state index contributed by atoms with van der Waals surface area (Å²) in [6, 6.07) is 1.82. The van der Waals surface area contributed by atoms with Gasteiger partial charge in [-0.15, -0.1) is 0 Å². The van der Waals surface area contributed by atoms with E-state index in [2.05, 4.69) is 5.32 Å². The van der Waals surface area contributed by atoms with E-state index in [1.807, 2.05) is 13.8 Å². The second-order valence-corrected chi connectivity index (χ2v) is 7.72. The summed E-state index contributed by atoms with van der Waals surface area (Å²) < 4.78 is 32.8. The third kappa shape index (κ3) is 3.24. The molecule has 0 unspecified atom stereocenters. The van der Waals surface area contributed by atoms with Crippen LogP contribution in [-0.2, 0) is 16.6 Å². The summed E-state index contributed by atoms with van der Waals surface area (Å²) in [5.41, 5.74) is 0. The van der Waals surface area contributed by atoms with Crippen LogP contribution in [0.25, 0.3) is 0 Å². The number of sulfonamides is 1. The molecule has 1 N–H and O–H groups in total. The van der Waals surface area contributed by atoms with E-state index in [1.165, 1.54) is 0 Å². The molecule has 0 aliphatic heterocycles. The maximum Gasteiger partial charge on any atom is 0.246 e. The molecule has 1 aliphatic carbocycles. The molecule has 1 heterocycles. The Hall–Kier alpha value is -0.850. The van der Waals surface area contributed by atoms with Crippen molar-refractivity contribution in [3.05, 3.63) is 17.6 Å². The van der Waals surface area contributed by atoms with E-state index in [0.717, 1.165) is 12.8 Å². The molecule has 20 heavy (non-hydrogen) atoms. The largest absolute Gasteiger partial charge is 0.464 e. The molecule has 0 radical (unpaired) electrons. The number of furan rings is 1. The van der Waals surface area contributed by atoms with E-state index in [0.29, 0.717) is 35.4 Å². The minimum Gasteiger partial charge on any atom is -0.464 e. The number of rotatable bonds is 7. The Balaban J connectivity index is 2.32. The minimum atomic E-state index is -3.45. The molecule has 1 aromatic heterocycles. The van der Waals surface area contributed by atoms with Crippen LogP contribution in [0.1, 0.15) is 38.2 Å². The van der Waals surface area contributed by atoms with E-state index in [4.69, 9.17) is 4.42 Å². The second kappa shape index (κ2) is 5.87. The van der Waals surface area contributed by atoms with Crippen LogP contribution in [0.4, 0.5) is 0 Å². The summed E-state index contributed by atoms with van der Waals surface area (Å²) in [6.07, 6.45) is 1.93. The number of aryl methyl sites for hydroxylation is 1. The fourth-order valence-corrected chi connectivity index (χ4v) is 4.37. The molecule has 114 valence electrons. The van der Waals surface area contributed by atoms with Gasteiger partial charge in [0.05, 0.1) is 6.54 Å². The van der Waals surface area contributed by atoms with Crippen molar-refractivity contribution in [1.29, 1.82) is 0 Å². The molecule has 1 aromatic rings. The summed E-state index contributed by atoms with van der Waals surface area (Å²) in [5.74, 6) is 1.45. The zero-order chi connectivity index (χ0) is 14.9. The molecule has 0 aromatic carbocycles. The fraction of sp³-hybridized carbons (Fsp3) is 0.714. The second-order valence-electron chi connectivity index (χ2n) is 5.86. The molecular formula is C14H24N2O3S. The summed E-state index contributed by atoms with van der Waals surface area (Å²) in [5, 5.41) is 2.97. The van der Waals surface area contributed by atoms with E-state index >= 15 is 0 Å². The van der Waals surface area contributed by atoms with Gasteiger partial charge < -0.3 is 9.73 Å². The van der Waals surface area contributed by atoms with Gasteiger partial charge in [0.2, 0.25) is 10.0 Å². The predicted octanol–water partition coefficient (Wildman–Crippen LogP) is 2.12. The highest BCUT2D eigenvalue weighted by Crippen LogP contribution is 2.34. The third-order valence-electron chi connectivity index (χ3n) is 3.36. The lowest BCUT2D eigenvalue weighted by Gasteiger charge is -2.23. The molecule has 0 saturated heterocycles. The smallest absolute Gasteiger partial charge is 0.246 e. The van der Waals surface area contributed by atoms with Crippen molar-refractivity contribution in [2.45, 2.75) is 51.1 Å². The normalized spacial score (nSPS) is 16.3. The topological polar surface area (TPSA) is 62.6 Å². The maximum absolute atomic E-state index is 12.8. The van der Waals surface area contributed by atoms with Crippen LogP contribution in [0.2, 0.25) is 0 Å². The van der Waals surface area contributed by atoms with Gasteiger partial charge in [-0.05, 0) is 32.7 Å². The highest BCUT2D eigenvalue weighted by atomic mass is 32.2. The molecule has 6 heteroatoms. The van der Waals surface area contributed by atoms with E-state index in [1.54, 1.807) is 24.3 Å². The van der Waals surface area contributed by atoms with E-state index in [-0.39, 0.29) is 6.04 Å². The monoisotopic (exact) mass is 300 g/mol. The molecule has 2 rings (SSSR count). The van der Waals surface area contributed by atoms with Gasteiger partial charge in [0.25, 0.3) is 0 Å². The number of nitrogens with one attached hydrogen (secondary N) is 1. The minimum absolute atomic E-state index is 0.171. The lowest BCUT2D eigenvalue weighted by Crippen LogP contribution is -2.36. The van der Waals surface area contributed by atoms with Crippen LogP contribution in [-0.4, -0.2) is 32.4 Å². The van der Waals surface area contributed by atoms with Crippen molar-refractivity contribution in [3.63, 3.8) is 0 Å². The molecule has 1 saturated carbocycles. The van der Waals surface area contributed by atoms with Crippen LogP contribution in [0.5, 0.6) is 0 Å². The molecular weight excluding hydrogens is 276 g/mol. The maximum atomic E-state index is 12.8. The van der Waals surface area contributed by atoms with Crippen molar-refractivity contribution in [2.75, 3.05) is 13.6 Å². The van der Waals surface area contributed by atoms with Crippen molar-refractivity contribution in [2.24, 2.45) is 5.92 Å². The zero-order valence-corrected chi connectivity index (χ0v) is 13.5. The summed E-state index contributed by atoms with van der Waals surface area (Å²) in [6.45, 7) is 6.90. The summed E-state index contributed by atoms with van der Waals surface area (Å²) in [7, 11) is -1.64. The molecule has 1 aliphatic rings. The lowest BCUT2D eigenvalue weighted by molar-refractivity contribution is 0.359. The SMILES string of the molecule is CNCc1cc(S(=O)(=O)N(CC(C)C)C2CC2)c(C)o1.